The van der Waals surface area contributed by atoms with Crippen LogP contribution in [-0.4, -0.2) is 81.8 Å². The van der Waals surface area contributed by atoms with Gasteiger partial charge in [-0.25, -0.2) is 9.78 Å². The van der Waals surface area contributed by atoms with Gasteiger partial charge in [0.25, 0.3) is 0 Å². The van der Waals surface area contributed by atoms with Crippen LogP contribution < -0.4 is 4.90 Å². The standard InChI is InChI=1S/C25H32N6O2/c1-2-33-24(32)30-16-25(17-30)8-7-18(12-25)31-19-5-6-20(31)15-29(14-19)23-21(4-3-9-28-23)22-13-26-10-11-27-22/h3-4,9-11,13,18-20H,2,5-8,12,14-17H2,1H3/t18-,19-,20?/m1/s1. The highest BCUT2D eigenvalue weighted by Gasteiger charge is 2.54. The first kappa shape index (κ1) is 20.8. The predicted molar refractivity (Wildman–Crippen MR) is 125 cm³/mol. The zero-order valence-corrected chi connectivity index (χ0v) is 19.3. The van der Waals surface area contributed by atoms with Crippen molar-refractivity contribution in [2.24, 2.45) is 5.41 Å². The summed E-state index contributed by atoms with van der Waals surface area (Å²) in [4.78, 5) is 32.8. The van der Waals surface area contributed by atoms with Gasteiger partial charge in [-0.1, -0.05) is 0 Å². The molecule has 0 radical (unpaired) electrons. The summed E-state index contributed by atoms with van der Waals surface area (Å²) in [7, 11) is 0. The summed E-state index contributed by atoms with van der Waals surface area (Å²) >= 11 is 0. The Morgan fingerprint density at radius 2 is 1.91 bits per heavy atom. The van der Waals surface area contributed by atoms with Crippen LogP contribution in [0, 0.1) is 5.41 Å². The first-order valence-corrected chi connectivity index (χ1v) is 12.3. The van der Waals surface area contributed by atoms with Crippen molar-refractivity contribution in [3.05, 3.63) is 36.9 Å². The molecule has 4 aliphatic rings. The fraction of sp³-hybridized carbons (Fsp3) is 0.600. The molecular weight excluding hydrogens is 416 g/mol. The van der Waals surface area contributed by atoms with Crippen molar-refractivity contribution >= 4 is 11.9 Å². The summed E-state index contributed by atoms with van der Waals surface area (Å²) in [6.45, 7) is 6.08. The van der Waals surface area contributed by atoms with Gasteiger partial charge in [-0.2, -0.15) is 0 Å². The number of rotatable bonds is 4. The first-order valence-electron chi connectivity index (χ1n) is 12.3. The van der Waals surface area contributed by atoms with E-state index in [0.29, 0.717) is 30.1 Å². The molecule has 2 aromatic heterocycles. The van der Waals surface area contributed by atoms with Gasteiger partial charge in [0.05, 0.1) is 18.5 Å². The molecule has 1 spiro atoms. The summed E-state index contributed by atoms with van der Waals surface area (Å²) in [5.74, 6) is 1.03. The normalized spacial score (nSPS) is 28.2. The van der Waals surface area contributed by atoms with Crippen molar-refractivity contribution < 1.29 is 9.53 Å². The van der Waals surface area contributed by atoms with E-state index in [2.05, 4.69) is 25.8 Å². The van der Waals surface area contributed by atoms with Gasteiger partial charge in [-0.05, 0) is 51.2 Å². The lowest BCUT2D eigenvalue weighted by molar-refractivity contribution is -0.00566. The number of hydrogen-bond donors (Lipinski definition) is 0. The summed E-state index contributed by atoms with van der Waals surface area (Å²) in [5, 5.41) is 0. The van der Waals surface area contributed by atoms with Crippen LogP contribution in [-0.2, 0) is 4.74 Å². The second-order valence-electron chi connectivity index (χ2n) is 10.2. The minimum Gasteiger partial charge on any atom is -0.450 e. The molecule has 0 N–H and O–H groups in total. The van der Waals surface area contributed by atoms with E-state index >= 15 is 0 Å². The molecule has 3 aliphatic heterocycles. The Hall–Kier alpha value is -2.74. The second-order valence-corrected chi connectivity index (χ2v) is 10.2. The molecule has 0 aromatic carbocycles. The molecule has 8 nitrogen and oxygen atoms in total. The Bertz CT molecular complexity index is 997. The molecule has 1 saturated carbocycles. The molecule has 4 fully saturated rings. The van der Waals surface area contributed by atoms with Gasteiger partial charge in [0, 0.05) is 73.9 Å². The number of fused-ring (bicyclic) bond motifs is 2. The smallest absolute Gasteiger partial charge is 0.409 e. The Morgan fingerprint density at radius 3 is 2.64 bits per heavy atom. The van der Waals surface area contributed by atoms with Crippen LogP contribution in [0.3, 0.4) is 0 Å². The van der Waals surface area contributed by atoms with E-state index in [0.717, 1.165) is 43.3 Å². The van der Waals surface area contributed by atoms with Gasteiger partial charge < -0.3 is 14.5 Å². The number of ether oxygens (including phenoxy) is 1. The second kappa shape index (κ2) is 8.24. The van der Waals surface area contributed by atoms with Crippen LogP contribution >= 0.6 is 0 Å². The lowest BCUT2D eigenvalue weighted by Crippen LogP contribution is -2.60. The maximum absolute atomic E-state index is 12.0. The van der Waals surface area contributed by atoms with E-state index in [-0.39, 0.29) is 6.09 Å². The molecule has 2 bridgehead atoms. The van der Waals surface area contributed by atoms with Crippen LogP contribution in [0.15, 0.2) is 36.9 Å². The topological polar surface area (TPSA) is 74.7 Å². The molecule has 3 atom stereocenters. The minimum absolute atomic E-state index is 0.144. The number of amides is 1. The SMILES string of the molecule is CCOC(=O)N1CC2(CC[C@@H](N3C4CC[C@@H]3CN(c3ncccc3-c3cnccn3)C4)C2)C1. The Labute approximate surface area is 195 Å². The number of anilines is 1. The predicted octanol–water partition coefficient (Wildman–Crippen LogP) is 3.20. The van der Waals surface area contributed by atoms with Crippen molar-refractivity contribution in [2.75, 3.05) is 37.7 Å². The molecule has 33 heavy (non-hydrogen) atoms. The maximum atomic E-state index is 12.0. The van der Waals surface area contributed by atoms with Crippen LogP contribution in [0.2, 0.25) is 0 Å². The summed E-state index contributed by atoms with van der Waals surface area (Å²) in [6.07, 6.45) is 13.2. The number of piperazine rings is 1. The third-order valence-electron chi connectivity index (χ3n) is 8.14. The van der Waals surface area contributed by atoms with Gasteiger partial charge in [-0.15, -0.1) is 0 Å². The zero-order valence-electron chi connectivity index (χ0n) is 19.3. The monoisotopic (exact) mass is 448 g/mol. The van der Waals surface area contributed by atoms with Crippen molar-refractivity contribution in [2.45, 2.75) is 57.2 Å². The highest BCUT2D eigenvalue weighted by molar-refractivity contribution is 5.73. The van der Waals surface area contributed by atoms with E-state index in [9.17, 15) is 4.79 Å². The average Bonchev–Trinajstić information content (AvgIpc) is 3.37. The van der Waals surface area contributed by atoms with Crippen LogP contribution in [0.5, 0.6) is 0 Å². The molecule has 6 rings (SSSR count). The van der Waals surface area contributed by atoms with E-state index in [1.54, 1.807) is 12.4 Å². The highest BCUT2D eigenvalue weighted by atomic mass is 16.6. The lowest BCUT2D eigenvalue weighted by atomic mass is 9.78. The highest BCUT2D eigenvalue weighted by Crippen LogP contribution is 2.50. The molecular formula is C25H32N6O2. The van der Waals surface area contributed by atoms with Gasteiger partial charge in [0.1, 0.15) is 5.82 Å². The molecule has 3 saturated heterocycles. The van der Waals surface area contributed by atoms with Gasteiger partial charge in [0.15, 0.2) is 0 Å². The van der Waals surface area contributed by atoms with Crippen molar-refractivity contribution in [3.8, 4) is 11.3 Å². The third kappa shape index (κ3) is 3.64. The number of nitrogens with zero attached hydrogens (tertiary/aromatic N) is 6. The first-order chi connectivity index (χ1) is 16.2. The molecule has 1 aliphatic carbocycles. The molecule has 5 heterocycles. The van der Waals surface area contributed by atoms with Gasteiger partial charge in [0.2, 0.25) is 0 Å². The fourth-order valence-electron chi connectivity index (χ4n) is 6.82. The molecule has 8 heteroatoms. The number of carbonyl (C=O) groups excluding carboxylic acids is 1. The molecule has 174 valence electrons. The van der Waals surface area contributed by atoms with E-state index in [1.165, 1.54) is 32.1 Å². The third-order valence-corrected chi connectivity index (χ3v) is 8.14. The fourth-order valence-corrected chi connectivity index (χ4v) is 6.82. The Kier molecular flexibility index (Phi) is 5.20. The number of carbonyl (C=O) groups is 1. The maximum Gasteiger partial charge on any atom is 0.409 e. The largest absolute Gasteiger partial charge is 0.450 e. The minimum atomic E-state index is -0.144. The zero-order chi connectivity index (χ0) is 22.4. The lowest BCUT2D eigenvalue weighted by Gasteiger charge is -2.49. The van der Waals surface area contributed by atoms with Crippen LogP contribution in [0.1, 0.15) is 39.0 Å². The van der Waals surface area contributed by atoms with Crippen molar-refractivity contribution in [1.29, 1.82) is 0 Å². The number of hydrogen-bond acceptors (Lipinski definition) is 7. The molecule has 1 amide bonds. The number of pyridine rings is 1. The van der Waals surface area contributed by atoms with Crippen LogP contribution in [0.25, 0.3) is 11.3 Å². The van der Waals surface area contributed by atoms with E-state index in [4.69, 9.17) is 9.72 Å². The molecule has 1 unspecified atom stereocenters. The summed E-state index contributed by atoms with van der Waals surface area (Å²) < 4.78 is 5.19. The summed E-state index contributed by atoms with van der Waals surface area (Å²) in [5.41, 5.74) is 2.25. The quantitative estimate of drug-likeness (QED) is 0.711. The van der Waals surface area contributed by atoms with Crippen molar-refractivity contribution in [3.63, 3.8) is 0 Å². The van der Waals surface area contributed by atoms with E-state index < -0.39 is 0 Å². The van der Waals surface area contributed by atoms with Gasteiger partial charge >= 0.3 is 6.09 Å². The van der Waals surface area contributed by atoms with E-state index in [1.807, 2.05) is 30.3 Å². The Balaban J connectivity index is 1.14. The molecule has 2 aromatic rings. The Morgan fingerprint density at radius 1 is 1.09 bits per heavy atom. The number of likely N-dealkylation sites (tertiary alicyclic amines) is 1. The number of aromatic nitrogens is 3. The summed E-state index contributed by atoms with van der Waals surface area (Å²) in [6, 6.07) is 5.86. The van der Waals surface area contributed by atoms with Crippen LogP contribution in [0.4, 0.5) is 10.6 Å². The van der Waals surface area contributed by atoms with Crippen molar-refractivity contribution in [1.82, 2.24) is 24.8 Å². The average molecular weight is 449 g/mol. The van der Waals surface area contributed by atoms with Gasteiger partial charge in [-0.3, -0.25) is 14.9 Å².